The number of hydrogen-bond acceptors (Lipinski definition) is 2. The highest BCUT2D eigenvalue weighted by Crippen LogP contribution is 2.49. The Labute approximate surface area is 113 Å². The van der Waals surface area contributed by atoms with Crippen LogP contribution < -0.4 is 5.32 Å². The van der Waals surface area contributed by atoms with Crippen molar-refractivity contribution in [3.05, 3.63) is 0 Å². The predicted octanol–water partition coefficient (Wildman–Crippen LogP) is 2.74. The van der Waals surface area contributed by atoms with Crippen LogP contribution in [0.3, 0.4) is 0 Å². The molecule has 0 amide bonds. The van der Waals surface area contributed by atoms with Crippen LogP contribution in [0.5, 0.6) is 0 Å². The van der Waals surface area contributed by atoms with Gasteiger partial charge in [-0.3, -0.25) is 0 Å². The van der Waals surface area contributed by atoms with Crippen LogP contribution in [-0.4, -0.2) is 37.1 Å². The molecule has 0 radical (unpaired) electrons. The Hall–Kier alpha value is -0.0800. The van der Waals surface area contributed by atoms with Crippen LogP contribution in [0.2, 0.25) is 0 Å². The standard InChI is InChI=1S/C16H30N2/c1-16(2,3)15-11-18(9-8-17-15)10-14(12-4-5-12)13-6-7-13/h12-15,17H,4-11H2,1-3H3. The smallest absolute Gasteiger partial charge is 0.0244 e. The molecule has 1 unspecified atom stereocenters. The molecule has 0 bridgehead atoms. The fourth-order valence-corrected chi connectivity index (χ4v) is 3.59. The van der Waals surface area contributed by atoms with E-state index >= 15 is 0 Å². The van der Waals surface area contributed by atoms with Crippen molar-refractivity contribution >= 4 is 0 Å². The zero-order valence-electron chi connectivity index (χ0n) is 12.4. The van der Waals surface area contributed by atoms with E-state index in [1.54, 1.807) is 0 Å². The number of piperazine rings is 1. The summed E-state index contributed by atoms with van der Waals surface area (Å²) >= 11 is 0. The minimum absolute atomic E-state index is 0.396. The second-order valence-electron chi connectivity index (χ2n) is 7.97. The lowest BCUT2D eigenvalue weighted by molar-refractivity contribution is 0.111. The monoisotopic (exact) mass is 250 g/mol. The Morgan fingerprint density at radius 2 is 1.72 bits per heavy atom. The number of rotatable bonds is 4. The van der Waals surface area contributed by atoms with E-state index in [1.165, 1.54) is 51.9 Å². The molecule has 3 rings (SSSR count). The molecule has 1 N–H and O–H groups in total. The van der Waals surface area contributed by atoms with E-state index in [4.69, 9.17) is 0 Å². The molecule has 1 atom stereocenters. The average Bonchev–Trinajstić information content (AvgIpc) is 3.16. The summed E-state index contributed by atoms with van der Waals surface area (Å²) in [5.41, 5.74) is 0.396. The van der Waals surface area contributed by atoms with Crippen molar-refractivity contribution in [3.63, 3.8) is 0 Å². The first-order valence-electron chi connectivity index (χ1n) is 8.00. The molecule has 0 aromatic heterocycles. The zero-order chi connectivity index (χ0) is 12.8. The van der Waals surface area contributed by atoms with Crippen molar-refractivity contribution in [2.24, 2.45) is 23.2 Å². The maximum Gasteiger partial charge on any atom is 0.0244 e. The molecule has 3 fully saturated rings. The summed E-state index contributed by atoms with van der Waals surface area (Å²) < 4.78 is 0. The van der Waals surface area contributed by atoms with Crippen LogP contribution >= 0.6 is 0 Å². The first-order chi connectivity index (χ1) is 8.54. The molecule has 104 valence electrons. The summed E-state index contributed by atoms with van der Waals surface area (Å²) in [4.78, 5) is 2.76. The van der Waals surface area contributed by atoms with Gasteiger partial charge in [0, 0.05) is 32.2 Å². The summed E-state index contributed by atoms with van der Waals surface area (Å²) in [7, 11) is 0. The lowest BCUT2D eigenvalue weighted by Crippen LogP contribution is -2.56. The van der Waals surface area contributed by atoms with Crippen LogP contribution in [0.25, 0.3) is 0 Å². The molecule has 18 heavy (non-hydrogen) atoms. The van der Waals surface area contributed by atoms with Crippen molar-refractivity contribution in [2.45, 2.75) is 52.5 Å². The first kappa shape index (κ1) is 12.9. The Balaban J connectivity index is 1.55. The van der Waals surface area contributed by atoms with Crippen molar-refractivity contribution in [1.82, 2.24) is 10.2 Å². The van der Waals surface area contributed by atoms with Gasteiger partial charge >= 0.3 is 0 Å². The normalized spacial score (nSPS) is 31.0. The molecule has 2 heteroatoms. The van der Waals surface area contributed by atoms with E-state index in [9.17, 15) is 0 Å². The van der Waals surface area contributed by atoms with Crippen molar-refractivity contribution in [1.29, 1.82) is 0 Å². The van der Waals surface area contributed by atoms with Crippen molar-refractivity contribution < 1.29 is 0 Å². The molecule has 1 saturated heterocycles. The van der Waals surface area contributed by atoms with Gasteiger partial charge in [0.25, 0.3) is 0 Å². The maximum atomic E-state index is 3.71. The zero-order valence-corrected chi connectivity index (χ0v) is 12.4. The Morgan fingerprint density at radius 1 is 1.11 bits per heavy atom. The highest BCUT2D eigenvalue weighted by molar-refractivity contribution is 4.95. The molecular weight excluding hydrogens is 220 g/mol. The lowest BCUT2D eigenvalue weighted by atomic mass is 9.85. The molecule has 1 aliphatic heterocycles. The molecule has 0 aromatic carbocycles. The van der Waals surface area contributed by atoms with E-state index in [2.05, 4.69) is 31.0 Å². The van der Waals surface area contributed by atoms with Gasteiger partial charge in [-0.2, -0.15) is 0 Å². The summed E-state index contributed by atoms with van der Waals surface area (Å²) in [5, 5.41) is 3.71. The van der Waals surface area contributed by atoms with Crippen LogP contribution in [-0.2, 0) is 0 Å². The number of nitrogens with zero attached hydrogens (tertiary/aromatic N) is 1. The first-order valence-corrected chi connectivity index (χ1v) is 8.00. The van der Waals surface area contributed by atoms with Gasteiger partial charge in [-0.15, -0.1) is 0 Å². The maximum absolute atomic E-state index is 3.71. The van der Waals surface area contributed by atoms with Crippen LogP contribution in [0.1, 0.15) is 46.5 Å². The van der Waals surface area contributed by atoms with Gasteiger partial charge in [-0.25, -0.2) is 0 Å². The van der Waals surface area contributed by atoms with E-state index < -0.39 is 0 Å². The van der Waals surface area contributed by atoms with Crippen LogP contribution in [0.15, 0.2) is 0 Å². The third kappa shape index (κ3) is 3.08. The summed E-state index contributed by atoms with van der Waals surface area (Å²) in [6, 6.07) is 0.672. The molecule has 0 aromatic rings. The van der Waals surface area contributed by atoms with E-state index in [-0.39, 0.29) is 0 Å². The second-order valence-corrected chi connectivity index (χ2v) is 7.97. The van der Waals surface area contributed by atoms with Gasteiger partial charge in [0.05, 0.1) is 0 Å². The number of hydrogen-bond donors (Lipinski definition) is 1. The topological polar surface area (TPSA) is 15.3 Å². The average molecular weight is 250 g/mol. The summed E-state index contributed by atoms with van der Waals surface area (Å²) in [6.07, 6.45) is 6.10. The number of nitrogens with one attached hydrogen (secondary N) is 1. The minimum Gasteiger partial charge on any atom is -0.311 e. The van der Waals surface area contributed by atoms with Gasteiger partial charge in [-0.05, 0) is 48.9 Å². The third-order valence-corrected chi connectivity index (χ3v) is 5.23. The molecule has 0 spiro atoms. The Morgan fingerprint density at radius 3 is 2.22 bits per heavy atom. The lowest BCUT2D eigenvalue weighted by Gasteiger charge is -2.41. The molecular formula is C16H30N2. The summed E-state index contributed by atoms with van der Waals surface area (Å²) in [5.74, 6) is 3.24. The minimum atomic E-state index is 0.396. The SMILES string of the molecule is CC(C)(C)C1CN(CC(C2CC2)C2CC2)CCN1. The largest absolute Gasteiger partial charge is 0.311 e. The quantitative estimate of drug-likeness (QED) is 0.825. The summed E-state index contributed by atoms with van der Waals surface area (Å²) in [6.45, 7) is 12.2. The van der Waals surface area contributed by atoms with Crippen molar-refractivity contribution in [3.8, 4) is 0 Å². The molecule has 2 nitrogen and oxygen atoms in total. The molecule has 1 heterocycles. The van der Waals surface area contributed by atoms with E-state index in [0.29, 0.717) is 11.5 Å². The Kier molecular flexibility index (Phi) is 3.44. The van der Waals surface area contributed by atoms with Gasteiger partial charge < -0.3 is 10.2 Å². The van der Waals surface area contributed by atoms with Crippen LogP contribution in [0, 0.1) is 23.2 Å². The Bertz CT molecular complexity index is 274. The fraction of sp³-hybridized carbons (Fsp3) is 1.00. The molecule has 2 aliphatic carbocycles. The van der Waals surface area contributed by atoms with Gasteiger partial charge in [0.1, 0.15) is 0 Å². The molecule has 2 saturated carbocycles. The molecule has 3 aliphatic rings. The van der Waals surface area contributed by atoms with Crippen molar-refractivity contribution in [2.75, 3.05) is 26.2 Å². The third-order valence-electron chi connectivity index (χ3n) is 5.23. The fourth-order valence-electron chi connectivity index (χ4n) is 3.59. The highest BCUT2D eigenvalue weighted by Gasteiger charge is 2.42. The predicted molar refractivity (Wildman–Crippen MR) is 76.6 cm³/mol. The van der Waals surface area contributed by atoms with E-state index in [1.807, 2.05) is 0 Å². The van der Waals surface area contributed by atoms with Crippen LogP contribution in [0.4, 0.5) is 0 Å². The highest BCUT2D eigenvalue weighted by atomic mass is 15.2. The van der Waals surface area contributed by atoms with E-state index in [0.717, 1.165) is 17.8 Å². The van der Waals surface area contributed by atoms with Gasteiger partial charge in [-0.1, -0.05) is 20.8 Å². The second kappa shape index (κ2) is 4.79. The van der Waals surface area contributed by atoms with Gasteiger partial charge in [0.2, 0.25) is 0 Å². The van der Waals surface area contributed by atoms with Gasteiger partial charge in [0.15, 0.2) is 0 Å².